The van der Waals surface area contributed by atoms with Crippen molar-refractivity contribution < 1.29 is 4.79 Å². The van der Waals surface area contributed by atoms with Gasteiger partial charge in [0.2, 0.25) is 0 Å². The van der Waals surface area contributed by atoms with Crippen molar-refractivity contribution in [1.82, 2.24) is 19.7 Å². The molecule has 2 aromatic carbocycles. The summed E-state index contributed by atoms with van der Waals surface area (Å²) in [5.41, 5.74) is 4.02. The maximum absolute atomic E-state index is 13.1. The molecule has 0 atom stereocenters. The molecule has 6 heteroatoms. The normalized spacial score (nSPS) is 17.0. The molecule has 0 saturated heterocycles. The molecule has 6 rings (SSSR count). The third-order valence-electron chi connectivity index (χ3n) is 6.29. The van der Waals surface area contributed by atoms with Gasteiger partial charge in [-0.2, -0.15) is 5.10 Å². The Kier molecular flexibility index (Phi) is 3.75. The SMILES string of the molecule is O=C(c1cc2ccccc2[nH]1)N1CCn2nc(NC3(c4ccccc4)CC3)cc2C1. The number of fused-ring (bicyclic) bond motifs is 2. The Morgan fingerprint density at radius 2 is 1.80 bits per heavy atom. The van der Waals surface area contributed by atoms with Gasteiger partial charge in [-0.1, -0.05) is 48.5 Å². The van der Waals surface area contributed by atoms with E-state index >= 15 is 0 Å². The van der Waals surface area contributed by atoms with Crippen LogP contribution in [0.2, 0.25) is 0 Å². The summed E-state index contributed by atoms with van der Waals surface area (Å²) in [4.78, 5) is 18.2. The van der Waals surface area contributed by atoms with Crippen LogP contribution >= 0.6 is 0 Å². The number of hydrogen-bond acceptors (Lipinski definition) is 3. The lowest BCUT2D eigenvalue weighted by Crippen LogP contribution is -2.38. The second-order valence-electron chi connectivity index (χ2n) is 8.31. The van der Waals surface area contributed by atoms with E-state index < -0.39 is 0 Å². The van der Waals surface area contributed by atoms with Crippen LogP contribution in [0.4, 0.5) is 5.82 Å². The topological polar surface area (TPSA) is 66.0 Å². The van der Waals surface area contributed by atoms with Gasteiger partial charge in [-0.25, -0.2) is 0 Å². The van der Waals surface area contributed by atoms with Crippen LogP contribution in [0, 0.1) is 0 Å². The van der Waals surface area contributed by atoms with Crippen molar-refractivity contribution in [3.8, 4) is 0 Å². The quantitative estimate of drug-likeness (QED) is 0.544. The number of nitrogens with zero attached hydrogens (tertiary/aromatic N) is 3. The van der Waals surface area contributed by atoms with Crippen molar-refractivity contribution in [3.05, 3.63) is 83.7 Å². The van der Waals surface area contributed by atoms with Crippen LogP contribution in [0.15, 0.2) is 66.7 Å². The molecule has 150 valence electrons. The molecule has 6 nitrogen and oxygen atoms in total. The van der Waals surface area contributed by atoms with Crippen molar-refractivity contribution >= 4 is 22.6 Å². The lowest BCUT2D eigenvalue weighted by atomic mass is 10.1. The number of carbonyl (C=O) groups excluding carboxylic acids is 1. The highest BCUT2D eigenvalue weighted by Crippen LogP contribution is 2.48. The number of H-pyrrole nitrogens is 1. The van der Waals surface area contributed by atoms with E-state index in [0.717, 1.165) is 35.3 Å². The van der Waals surface area contributed by atoms with Crippen LogP contribution in [0.1, 0.15) is 34.6 Å². The fourth-order valence-corrected chi connectivity index (χ4v) is 4.47. The summed E-state index contributed by atoms with van der Waals surface area (Å²) < 4.78 is 2.03. The molecular formula is C24H23N5O. The zero-order valence-electron chi connectivity index (χ0n) is 16.6. The fraction of sp³-hybridized carbons (Fsp3) is 0.250. The third kappa shape index (κ3) is 2.87. The minimum Gasteiger partial charge on any atom is -0.359 e. The zero-order chi connectivity index (χ0) is 20.1. The first-order chi connectivity index (χ1) is 14.7. The summed E-state index contributed by atoms with van der Waals surface area (Å²) in [6, 6.07) is 22.6. The van der Waals surface area contributed by atoms with Crippen LogP contribution in [-0.2, 0) is 18.6 Å². The van der Waals surface area contributed by atoms with Gasteiger partial charge in [0.25, 0.3) is 5.91 Å². The highest BCUT2D eigenvalue weighted by Gasteiger charge is 2.44. The lowest BCUT2D eigenvalue weighted by Gasteiger charge is -2.27. The van der Waals surface area contributed by atoms with Crippen LogP contribution in [0.3, 0.4) is 0 Å². The molecule has 2 aromatic heterocycles. The monoisotopic (exact) mass is 397 g/mol. The molecule has 0 unspecified atom stereocenters. The molecule has 0 bridgehead atoms. The molecule has 1 saturated carbocycles. The average molecular weight is 397 g/mol. The lowest BCUT2D eigenvalue weighted by molar-refractivity contribution is 0.0701. The number of anilines is 1. The first-order valence-corrected chi connectivity index (χ1v) is 10.5. The third-order valence-corrected chi connectivity index (χ3v) is 6.29. The maximum Gasteiger partial charge on any atom is 0.270 e. The second kappa shape index (κ2) is 6.49. The Labute approximate surface area is 174 Å². The van der Waals surface area contributed by atoms with Crippen LogP contribution in [0.5, 0.6) is 0 Å². The summed E-state index contributed by atoms with van der Waals surface area (Å²) in [5, 5.41) is 9.48. The number of carbonyl (C=O) groups is 1. The van der Waals surface area contributed by atoms with Gasteiger partial charge in [0, 0.05) is 23.5 Å². The fourth-order valence-electron chi connectivity index (χ4n) is 4.47. The minimum atomic E-state index is 0.00559. The number of rotatable bonds is 4. The Balaban J connectivity index is 1.21. The molecule has 1 amide bonds. The number of nitrogens with one attached hydrogen (secondary N) is 2. The van der Waals surface area contributed by atoms with Gasteiger partial charge in [-0.05, 0) is 30.5 Å². The average Bonchev–Trinajstić information content (AvgIpc) is 3.26. The largest absolute Gasteiger partial charge is 0.359 e. The molecule has 1 aliphatic heterocycles. The van der Waals surface area contributed by atoms with E-state index in [1.165, 1.54) is 5.56 Å². The van der Waals surface area contributed by atoms with E-state index in [9.17, 15) is 4.79 Å². The molecule has 2 aliphatic rings. The molecule has 0 spiro atoms. The first-order valence-electron chi connectivity index (χ1n) is 10.5. The van der Waals surface area contributed by atoms with E-state index in [1.54, 1.807) is 0 Å². The van der Waals surface area contributed by atoms with Gasteiger partial charge < -0.3 is 15.2 Å². The summed E-state index contributed by atoms with van der Waals surface area (Å²) in [5.74, 6) is 0.933. The van der Waals surface area contributed by atoms with E-state index in [0.29, 0.717) is 25.3 Å². The van der Waals surface area contributed by atoms with Gasteiger partial charge in [-0.15, -0.1) is 0 Å². The number of aromatic nitrogens is 3. The maximum atomic E-state index is 13.1. The standard InChI is InChI=1S/C24H23N5O/c30-23(21-14-17-6-4-5-9-20(17)25-21)28-12-13-29-19(16-28)15-22(27-29)26-24(10-11-24)18-7-2-1-3-8-18/h1-9,14-15,25H,10-13,16H2,(H,26,27). The minimum absolute atomic E-state index is 0.00559. The molecule has 30 heavy (non-hydrogen) atoms. The smallest absolute Gasteiger partial charge is 0.270 e. The molecular weight excluding hydrogens is 374 g/mol. The number of hydrogen-bond donors (Lipinski definition) is 2. The first kappa shape index (κ1) is 17.3. The summed E-state index contributed by atoms with van der Waals surface area (Å²) >= 11 is 0. The number of benzene rings is 2. The van der Waals surface area contributed by atoms with Crippen LogP contribution in [0.25, 0.3) is 10.9 Å². The van der Waals surface area contributed by atoms with E-state index in [1.807, 2.05) is 46.0 Å². The second-order valence-corrected chi connectivity index (χ2v) is 8.31. The van der Waals surface area contributed by atoms with Crippen molar-refractivity contribution in [2.75, 3.05) is 11.9 Å². The Bertz CT molecular complexity index is 1200. The number of para-hydroxylation sites is 1. The van der Waals surface area contributed by atoms with Crippen molar-refractivity contribution in [1.29, 1.82) is 0 Å². The Morgan fingerprint density at radius 1 is 1.00 bits per heavy atom. The van der Waals surface area contributed by atoms with E-state index in [4.69, 9.17) is 5.10 Å². The zero-order valence-corrected chi connectivity index (χ0v) is 16.6. The highest BCUT2D eigenvalue weighted by molar-refractivity contribution is 5.98. The van der Waals surface area contributed by atoms with Gasteiger partial charge in [0.1, 0.15) is 11.5 Å². The van der Waals surface area contributed by atoms with Crippen molar-refractivity contribution in [2.45, 2.75) is 31.5 Å². The number of aromatic amines is 1. The van der Waals surface area contributed by atoms with Crippen molar-refractivity contribution in [2.24, 2.45) is 0 Å². The summed E-state index contributed by atoms with van der Waals surface area (Å²) in [7, 11) is 0. The Morgan fingerprint density at radius 3 is 2.60 bits per heavy atom. The highest BCUT2D eigenvalue weighted by atomic mass is 16.2. The van der Waals surface area contributed by atoms with Crippen LogP contribution in [-0.4, -0.2) is 32.1 Å². The van der Waals surface area contributed by atoms with Crippen molar-refractivity contribution in [3.63, 3.8) is 0 Å². The predicted molar refractivity (Wildman–Crippen MR) is 116 cm³/mol. The van der Waals surface area contributed by atoms with Gasteiger partial charge >= 0.3 is 0 Å². The summed E-state index contributed by atoms with van der Waals surface area (Å²) in [6.45, 7) is 1.94. The van der Waals surface area contributed by atoms with Gasteiger partial charge in [-0.3, -0.25) is 9.48 Å². The van der Waals surface area contributed by atoms with E-state index in [-0.39, 0.29) is 11.4 Å². The van der Waals surface area contributed by atoms with E-state index in [2.05, 4.69) is 40.6 Å². The predicted octanol–water partition coefficient (Wildman–Crippen LogP) is 4.12. The molecule has 4 aromatic rings. The molecule has 2 N–H and O–H groups in total. The molecule has 1 fully saturated rings. The Hall–Kier alpha value is -3.54. The molecule has 1 aliphatic carbocycles. The molecule has 0 radical (unpaired) electrons. The van der Waals surface area contributed by atoms with Crippen LogP contribution < -0.4 is 5.32 Å². The summed E-state index contributed by atoms with van der Waals surface area (Å²) in [6.07, 6.45) is 2.23. The number of amides is 1. The molecule has 3 heterocycles. The van der Waals surface area contributed by atoms with Gasteiger partial charge in [0.15, 0.2) is 0 Å². The van der Waals surface area contributed by atoms with Gasteiger partial charge in [0.05, 0.1) is 24.3 Å².